The van der Waals surface area contributed by atoms with E-state index in [1.807, 2.05) is 13.0 Å². The van der Waals surface area contributed by atoms with Gasteiger partial charge in [0.2, 0.25) is 0 Å². The normalized spacial score (nSPS) is 11.2. The molecule has 0 aliphatic rings. The van der Waals surface area contributed by atoms with Crippen LogP contribution in [0.2, 0.25) is 0 Å². The summed E-state index contributed by atoms with van der Waals surface area (Å²) in [5.41, 5.74) is 8.47. The minimum Gasteiger partial charge on any atom is -0.409 e. The number of aryl methyl sites for hydroxylation is 1. The lowest BCUT2D eigenvalue weighted by molar-refractivity contribution is 0.0951. The van der Waals surface area contributed by atoms with Gasteiger partial charge >= 0.3 is 0 Å². The molecule has 0 radical (unpaired) electrons. The Morgan fingerprint density at radius 3 is 2.86 bits per heavy atom. The highest BCUT2D eigenvalue weighted by molar-refractivity contribution is 6.01. The fourth-order valence-electron chi connectivity index (χ4n) is 1.86. The molecule has 6 nitrogen and oxygen atoms in total. The third-order valence-electron chi connectivity index (χ3n) is 3.10. The van der Waals surface area contributed by atoms with E-state index < -0.39 is 0 Å². The van der Waals surface area contributed by atoms with E-state index in [0.29, 0.717) is 17.7 Å². The lowest BCUT2D eigenvalue weighted by atomic mass is 10.1. The standard InChI is InChI=1S/C15H16N4O2/c1-10-8-17-6-5-13(10)9-18-15(20)12-4-2-3-11(7-12)14(16)19-21/h2-8,21H,9H2,1H3,(H2,16,19)(H,18,20). The number of nitrogens with one attached hydrogen (secondary N) is 1. The molecule has 108 valence electrons. The first-order chi connectivity index (χ1) is 10.1. The lowest BCUT2D eigenvalue weighted by Gasteiger charge is -2.08. The van der Waals surface area contributed by atoms with Gasteiger partial charge in [-0.05, 0) is 36.2 Å². The van der Waals surface area contributed by atoms with Crippen LogP contribution >= 0.6 is 0 Å². The van der Waals surface area contributed by atoms with Gasteiger partial charge in [-0.2, -0.15) is 0 Å². The molecule has 0 saturated carbocycles. The van der Waals surface area contributed by atoms with E-state index in [-0.39, 0.29) is 11.7 Å². The summed E-state index contributed by atoms with van der Waals surface area (Å²) in [5, 5.41) is 14.4. The highest BCUT2D eigenvalue weighted by Crippen LogP contribution is 2.07. The molecule has 1 amide bonds. The van der Waals surface area contributed by atoms with Crippen molar-refractivity contribution in [3.8, 4) is 0 Å². The van der Waals surface area contributed by atoms with Crippen LogP contribution in [0, 0.1) is 6.92 Å². The number of amidine groups is 1. The Morgan fingerprint density at radius 2 is 2.14 bits per heavy atom. The van der Waals surface area contributed by atoms with E-state index in [9.17, 15) is 4.79 Å². The van der Waals surface area contributed by atoms with E-state index in [0.717, 1.165) is 11.1 Å². The van der Waals surface area contributed by atoms with Crippen LogP contribution < -0.4 is 11.1 Å². The van der Waals surface area contributed by atoms with Crippen LogP contribution in [-0.4, -0.2) is 21.9 Å². The second-order valence-corrected chi connectivity index (χ2v) is 4.55. The Balaban J connectivity index is 2.09. The average Bonchev–Trinajstić information content (AvgIpc) is 2.53. The number of pyridine rings is 1. The largest absolute Gasteiger partial charge is 0.409 e. The van der Waals surface area contributed by atoms with Crippen molar-refractivity contribution in [1.82, 2.24) is 10.3 Å². The Hall–Kier alpha value is -2.89. The van der Waals surface area contributed by atoms with Gasteiger partial charge < -0.3 is 16.3 Å². The zero-order valence-electron chi connectivity index (χ0n) is 11.6. The van der Waals surface area contributed by atoms with Crippen molar-refractivity contribution in [1.29, 1.82) is 0 Å². The van der Waals surface area contributed by atoms with Gasteiger partial charge in [-0.3, -0.25) is 9.78 Å². The quantitative estimate of drug-likeness (QED) is 0.342. The molecule has 0 aliphatic heterocycles. The molecule has 1 aromatic carbocycles. The van der Waals surface area contributed by atoms with E-state index in [1.54, 1.807) is 36.7 Å². The number of hydrogen-bond acceptors (Lipinski definition) is 4. The zero-order chi connectivity index (χ0) is 15.2. The Bertz CT molecular complexity index is 683. The maximum atomic E-state index is 12.1. The summed E-state index contributed by atoms with van der Waals surface area (Å²) in [6.07, 6.45) is 3.44. The number of hydrogen-bond donors (Lipinski definition) is 3. The van der Waals surface area contributed by atoms with Crippen molar-refractivity contribution in [3.05, 3.63) is 65.0 Å². The molecule has 6 heteroatoms. The van der Waals surface area contributed by atoms with E-state index in [1.165, 1.54) is 0 Å². The third-order valence-corrected chi connectivity index (χ3v) is 3.10. The first kappa shape index (κ1) is 14.5. The fraction of sp³-hybridized carbons (Fsp3) is 0.133. The molecule has 0 atom stereocenters. The minimum atomic E-state index is -0.223. The second-order valence-electron chi connectivity index (χ2n) is 4.55. The lowest BCUT2D eigenvalue weighted by Crippen LogP contribution is -2.24. The number of benzene rings is 1. The molecule has 21 heavy (non-hydrogen) atoms. The van der Waals surface area contributed by atoms with Crippen molar-refractivity contribution < 1.29 is 10.0 Å². The van der Waals surface area contributed by atoms with Crippen LogP contribution in [0.15, 0.2) is 47.9 Å². The van der Waals surface area contributed by atoms with Crippen LogP contribution in [-0.2, 0) is 6.54 Å². The van der Waals surface area contributed by atoms with Crippen LogP contribution in [0.25, 0.3) is 0 Å². The molecule has 2 rings (SSSR count). The molecule has 1 heterocycles. The van der Waals surface area contributed by atoms with Gasteiger partial charge in [0.15, 0.2) is 5.84 Å². The first-order valence-corrected chi connectivity index (χ1v) is 6.37. The van der Waals surface area contributed by atoms with Crippen molar-refractivity contribution >= 4 is 11.7 Å². The molecular formula is C15H16N4O2. The Labute approximate surface area is 122 Å². The summed E-state index contributed by atoms with van der Waals surface area (Å²) < 4.78 is 0. The van der Waals surface area contributed by atoms with Crippen molar-refractivity contribution in [2.75, 3.05) is 0 Å². The predicted octanol–water partition coefficient (Wildman–Crippen LogP) is 1.41. The number of nitrogens with two attached hydrogens (primary N) is 1. The van der Waals surface area contributed by atoms with E-state index in [2.05, 4.69) is 15.5 Å². The van der Waals surface area contributed by atoms with Gasteiger partial charge in [0, 0.05) is 30.1 Å². The molecule has 0 saturated heterocycles. The first-order valence-electron chi connectivity index (χ1n) is 6.37. The van der Waals surface area contributed by atoms with Gasteiger partial charge in [-0.1, -0.05) is 17.3 Å². The number of oxime groups is 1. The average molecular weight is 284 g/mol. The molecule has 0 bridgehead atoms. The van der Waals surface area contributed by atoms with Crippen molar-refractivity contribution in [3.63, 3.8) is 0 Å². The minimum absolute atomic E-state index is 0.0328. The summed E-state index contributed by atoms with van der Waals surface area (Å²) in [7, 11) is 0. The molecule has 2 aromatic rings. The van der Waals surface area contributed by atoms with E-state index in [4.69, 9.17) is 10.9 Å². The summed E-state index contributed by atoms with van der Waals surface area (Å²) in [6.45, 7) is 2.36. The van der Waals surface area contributed by atoms with Gasteiger partial charge in [-0.25, -0.2) is 0 Å². The van der Waals surface area contributed by atoms with Crippen LogP contribution in [0.3, 0.4) is 0 Å². The molecule has 1 aromatic heterocycles. The van der Waals surface area contributed by atoms with Gasteiger partial charge in [0.05, 0.1) is 0 Å². The van der Waals surface area contributed by atoms with E-state index >= 15 is 0 Å². The second kappa shape index (κ2) is 6.51. The maximum absolute atomic E-state index is 12.1. The zero-order valence-corrected chi connectivity index (χ0v) is 11.6. The highest BCUT2D eigenvalue weighted by atomic mass is 16.4. The van der Waals surface area contributed by atoms with Crippen molar-refractivity contribution in [2.45, 2.75) is 13.5 Å². The fourth-order valence-corrected chi connectivity index (χ4v) is 1.86. The van der Waals surface area contributed by atoms with Gasteiger partial charge in [0.25, 0.3) is 5.91 Å². The van der Waals surface area contributed by atoms with Crippen LogP contribution in [0.1, 0.15) is 27.0 Å². The number of amides is 1. The molecular weight excluding hydrogens is 268 g/mol. The van der Waals surface area contributed by atoms with Gasteiger partial charge in [-0.15, -0.1) is 0 Å². The van der Waals surface area contributed by atoms with Gasteiger partial charge in [0.1, 0.15) is 0 Å². The maximum Gasteiger partial charge on any atom is 0.251 e. The van der Waals surface area contributed by atoms with Crippen LogP contribution in [0.5, 0.6) is 0 Å². The molecule has 0 aliphatic carbocycles. The molecule has 0 fully saturated rings. The SMILES string of the molecule is Cc1cnccc1CNC(=O)c1cccc(/C(N)=N/O)c1. The monoisotopic (exact) mass is 284 g/mol. The van der Waals surface area contributed by atoms with Crippen molar-refractivity contribution in [2.24, 2.45) is 10.9 Å². The summed E-state index contributed by atoms with van der Waals surface area (Å²) in [4.78, 5) is 16.1. The summed E-state index contributed by atoms with van der Waals surface area (Å²) >= 11 is 0. The Kier molecular flexibility index (Phi) is 4.50. The number of carbonyl (C=O) groups excluding carboxylic acids is 1. The summed E-state index contributed by atoms with van der Waals surface area (Å²) in [5.74, 6) is -0.256. The third kappa shape index (κ3) is 3.56. The molecule has 4 N–H and O–H groups in total. The Morgan fingerprint density at radius 1 is 1.38 bits per heavy atom. The molecule has 0 unspecified atom stereocenters. The molecule has 0 spiro atoms. The summed E-state index contributed by atoms with van der Waals surface area (Å²) in [6, 6.07) is 8.45. The smallest absolute Gasteiger partial charge is 0.251 e. The topological polar surface area (TPSA) is 101 Å². The number of nitrogens with zero attached hydrogens (tertiary/aromatic N) is 2. The van der Waals surface area contributed by atoms with Crippen LogP contribution in [0.4, 0.5) is 0 Å². The number of rotatable bonds is 4. The number of carbonyl (C=O) groups is 1. The predicted molar refractivity (Wildman–Crippen MR) is 79.1 cm³/mol. The number of aromatic nitrogens is 1. The highest BCUT2D eigenvalue weighted by Gasteiger charge is 2.08.